The number of nitrogens with zero attached hydrogens (tertiary/aromatic N) is 4. The van der Waals surface area contributed by atoms with Crippen LogP contribution in [0.2, 0.25) is 0 Å². The minimum absolute atomic E-state index is 0.154. The van der Waals surface area contributed by atoms with Gasteiger partial charge < -0.3 is 20.2 Å². The second-order valence-corrected chi connectivity index (χ2v) is 11.1. The first kappa shape index (κ1) is 28.0. The second-order valence-electron chi connectivity index (χ2n) is 8.50. The van der Waals surface area contributed by atoms with Crippen LogP contribution in [0.5, 0.6) is 0 Å². The van der Waals surface area contributed by atoms with Crippen LogP contribution >= 0.6 is 0 Å². The van der Waals surface area contributed by atoms with E-state index < -0.39 is 49.8 Å². The Morgan fingerprint density at radius 1 is 0.947 bits per heavy atom. The van der Waals surface area contributed by atoms with E-state index >= 15 is 0 Å². The van der Waals surface area contributed by atoms with Crippen molar-refractivity contribution in [2.24, 2.45) is 0 Å². The molecule has 0 unspecified atom stereocenters. The number of carboxylic acid groups (broad SMARTS) is 3. The smallest absolute Gasteiger partial charge is 0.335 e. The summed E-state index contributed by atoms with van der Waals surface area (Å²) in [6.45, 7) is 1.18. The van der Waals surface area contributed by atoms with Gasteiger partial charge in [0.05, 0.1) is 30.3 Å². The normalized spacial score (nSPS) is 22.4. The zero-order chi connectivity index (χ0) is 28.1. The van der Waals surface area contributed by atoms with Crippen molar-refractivity contribution >= 4 is 33.7 Å². The van der Waals surface area contributed by atoms with Crippen molar-refractivity contribution in [3.05, 3.63) is 84.2 Å². The maximum absolute atomic E-state index is 12.5. The zero-order valence-electron chi connectivity index (χ0n) is 20.0. The summed E-state index contributed by atoms with van der Waals surface area (Å²) in [6.07, 6.45) is 2.68. The van der Waals surface area contributed by atoms with Gasteiger partial charge in [-0.05, 0) is 31.2 Å². The molecule has 3 N–H and O–H groups in total. The van der Waals surface area contributed by atoms with Crippen molar-refractivity contribution in [1.29, 1.82) is 0 Å². The second kappa shape index (κ2) is 11.2. The molecule has 38 heavy (non-hydrogen) atoms. The maximum Gasteiger partial charge on any atom is 0.335 e. The lowest BCUT2D eigenvalue weighted by Gasteiger charge is -2.35. The number of hydrogen-bond acceptors (Lipinski definition) is 8. The summed E-state index contributed by atoms with van der Waals surface area (Å²) in [5.74, 6) is -3.54. The van der Waals surface area contributed by atoms with Gasteiger partial charge in [0.2, 0.25) is 5.91 Å². The van der Waals surface area contributed by atoms with Crippen molar-refractivity contribution in [2.45, 2.75) is 36.1 Å². The number of sulfone groups is 1. The van der Waals surface area contributed by atoms with Crippen molar-refractivity contribution in [3.63, 3.8) is 0 Å². The molecule has 1 amide bonds. The van der Waals surface area contributed by atoms with Crippen molar-refractivity contribution in [2.75, 3.05) is 0 Å². The highest BCUT2D eigenvalue weighted by Crippen LogP contribution is 2.46. The van der Waals surface area contributed by atoms with Gasteiger partial charge in [-0.3, -0.25) is 9.48 Å². The molecule has 2 aromatic carbocycles. The van der Waals surface area contributed by atoms with Crippen LogP contribution in [0.3, 0.4) is 0 Å². The number of aromatic nitrogens is 3. The van der Waals surface area contributed by atoms with Crippen LogP contribution in [0.4, 0.5) is 0 Å². The number of aromatic carboxylic acids is 2. The average Bonchev–Trinajstić information content (AvgIpc) is 3.43. The van der Waals surface area contributed by atoms with Gasteiger partial charge in [-0.15, -0.1) is 5.10 Å². The molecule has 0 aliphatic carbocycles. The van der Waals surface area contributed by atoms with E-state index in [-0.39, 0.29) is 13.0 Å². The Labute approximate surface area is 216 Å². The summed E-state index contributed by atoms with van der Waals surface area (Å²) in [7, 11) is -3.80. The summed E-state index contributed by atoms with van der Waals surface area (Å²) >= 11 is 0. The lowest BCUT2D eigenvalue weighted by atomic mass is 9.96. The highest BCUT2D eigenvalue weighted by molar-refractivity contribution is 7.93. The molecule has 0 bridgehead atoms. The maximum atomic E-state index is 12.5. The molecule has 13 nitrogen and oxygen atoms in total. The summed E-state index contributed by atoms with van der Waals surface area (Å²) in [4.78, 5) is 44.4. The van der Waals surface area contributed by atoms with Gasteiger partial charge in [0.15, 0.2) is 15.9 Å². The number of amides is 1. The number of fused-ring (bicyclic) bond motifs is 1. The van der Waals surface area contributed by atoms with Crippen LogP contribution in [-0.2, 0) is 26.0 Å². The Bertz CT molecular complexity index is 1360. The van der Waals surface area contributed by atoms with Crippen molar-refractivity contribution in [3.8, 4) is 0 Å². The molecule has 3 heterocycles. The third-order valence-electron chi connectivity index (χ3n) is 6.04. The van der Waals surface area contributed by atoms with E-state index in [0.29, 0.717) is 11.1 Å². The minimum atomic E-state index is -3.80. The van der Waals surface area contributed by atoms with Crippen LogP contribution < -0.4 is 0 Å². The Morgan fingerprint density at radius 3 is 1.79 bits per heavy atom. The highest BCUT2D eigenvalue weighted by Gasteiger charge is 2.70. The molecule has 2 aliphatic rings. The van der Waals surface area contributed by atoms with E-state index in [4.69, 9.17) is 10.2 Å². The molecule has 200 valence electrons. The van der Waals surface area contributed by atoms with Gasteiger partial charge in [-0.1, -0.05) is 41.6 Å². The number of carboxylic acids is 3. The van der Waals surface area contributed by atoms with Crippen LogP contribution in [0.15, 0.2) is 73.1 Å². The monoisotopic (exact) mass is 544 g/mol. The number of rotatable bonds is 5. The Balaban J connectivity index is 0.000000184. The average molecular weight is 545 g/mol. The Morgan fingerprint density at radius 2 is 1.45 bits per heavy atom. The molecule has 1 aromatic heterocycles. The fourth-order valence-electron chi connectivity index (χ4n) is 4.09. The Hall–Kier alpha value is -4.59. The van der Waals surface area contributed by atoms with Gasteiger partial charge in [-0.25, -0.2) is 22.8 Å². The standard InChI is InChI=1S/C10H12N4O5S.2C7H6O2/c1-10(5-13-3-2-11-12-13)8(9(16)17)14-6(15)4-7(14)20(10,18)19;2*8-7(9)6-4-2-1-3-5-6/h2-3,7-8H,4-5H2,1H3,(H,16,17);2*1-5H,(H,8,9)/t7-,8+,10+;;/m1../s1. The first-order valence-electron chi connectivity index (χ1n) is 11.1. The molecular formula is C24H24N4O9S. The zero-order valence-corrected chi connectivity index (χ0v) is 20.8. The fraction of sp³-hybridized carbons (Fsp3) is 0.250. The summed E-state index contributed by atoms with van der Waals surface area (Å²) in [6, 6.07) is 15.2. The molecule has 5 rings (SSSR count). The van der Waals surface area contributed by atoms with Crippen molar-refractivity contribution < 1.29 is 42.9 Å². The van der Waals surface area contributed by atoms with Crippen LogP contribution in [0.1, 0.15) is 34.1 Å². The molecule has 0 saturated carbocycles. The molecule has 0 radical (unpaired) electrons. The van der Waals surface area contributed by atoms with Crippen molar-refractivity contribution in [1.82, 2.24) is 19.9 Å². The van der Waals surface area contributed by atoms with Gasteiger partial charge in [-0.2, -0.15) is 0 Å². The molecule has 2 aliphatic heterocycles. The molecule has 2 fully saturated rings. The summed E-state index contributed by atoms with van der Waals surface area (Å²) in [5, 5.41) is 32.3. The highest BCUT2D eigenvalue weighted by atomic mass is 32.2. The minimum Gasteiger partial charge on any atom is -0.480 e. The molecule has 0 spiro atoms. The number of β-lactam (4-membered cyclic amide) rings is 1. The topological polar surface area (TPSA) is 197 Å². The van der Waals surface area contributed by atoms with Gasteiger partial charge in [0.25, 0.3) is 0 Å². The van der Waals surface area contributed by atoms with Crippen LogP contribution in [-0.4, -0.2) is 83.6 Å². The molecule has 14 heteroatoms. The third-order valence-corrected chi connectivity index (χ3v) is 8.80. The van der Waals surface area contributed by atoms with E-state index in [2.05, 4.69) is 10.3 Å². The third kappa shape index (κ3) is 5.54. The first-order valence-corrected chi connectivity index (χ1v) is 12.6. The largest absolute Gasteiger partial charge is 0.480 e. The SMILES string of the molecule is C[C@]1(Cn2ccnn2)[C@H](C(=O)O)N2C(=O)C[C@H]2S1(=O)=O.O=C(O)c1ccccc1.O=C(O)c1ccccc1. The van der Waals surface area contributed by atoms with Gasteiger partial charge in [0, 0.05) is 6.20 Å². The van der Waals surface area contributed by atoms with Gasteiger partial charge >= 0.3 is 17.9 Å². The quantitative estimate of drug-likeness (QED) is 0.391. The number of hydrogen-bond donors (Lipinski definition) is 3. The van der Waals surface area contributed by atoms with E-state index in [1.165, 1.54) is 24.0 Å². The Kier molecular flexibility index (Phi) is 8.26. The van der Waals surface area contributed by atoms with E-state index in [1.54, 1.807) is 60.7 Å². The van der Waals surface area contributed by atoms with E-state index in [0.717, 1.165) is 4.90 Å². The fourth-order valence-corrected chi connectivity index (χ4v) is 6.45. The molecular weight excluding hydrogens is 520 g/mol. The number of carbonyl (C=O) groups excluding carboxylic acids is 1. The first-order chi connectivity index (χ1) is 17.9. The number of carbonyl (C=O) groups is 4. The number of benzene rings is 2. The lowest BCUT2D eigenvalue weighted by Crippen LogP contribution is -2.58. The van der Waals surface area contributed by atoms with E-state index in [9.17, 15) is 32.7 Å². The summed E-state index contributed by atoms with van der Waals surface area (Å²) in [5.41, 5.74) is 0.662. The predicted octanol–water partition coefficient (Wildman–Crippen LogP) is 1.25. The predicted molar refractivity (Wildman–Crippen MR) is 131 cm³/mol. The van der Waals surface area contributed by atoms with Crippen LogP contribution in [0, 0.1) is 0 Å². The number of aliphatic carboxylic acids is 1. The molecule has 2 saturated heterocycles. The van der Waals surface area contributed by atoms with E-state index in [1.807, 2.05) is 0 Å². The van der Waals surface area contributed by atoms with Gasteiger partial charge in [0.1, 0.15) is 10.1 Å². The summed E-state index contributed by atoms with van der Waals surface area (Å²) < 4.78 is 24.7. The molecule has 3 atom stereocenters. The van der Waals surface area contributed by atoms with Crippen LogP contribution in [0.25, 0.3) is 0 Å². The molecule has 3 aromatic rings. The lowest BCUT2D eigenvalue weighted by molar-refractivity contribution is -0.157.